The molecule has 0 aliphatic carbocycles. The van der Waals surface area contributed by atoms with Gasteiger partial charge in [-0.05, 0) is 50.7 Å². The van der Waals surface area contributed by atoms with Crippen molar-refractivity contribution < 1.29 is 9.53 Å². The van der Waals surface area contributed by atoms with Gasteiger partial charge < -0.3 is 19.9 Å². The van der Waals surface area contributed by atoms with Crippen molar-refractivity contribution in [2.24, 2.45) is 5.92 Å². The first-order valence-electron chi connectivity index (χ1n) is 13.2. The molecule has 196 valence electrons. The molecule has 0 radical (unpaired) electrons. The lowest BCUT2D eigenvalue weighted by molar-refractivity contribution is -0.159. The van der Waals surface area contributed by atoms with E-state index in [2.05, 4.69) is 54.2 Å². The number of carbonyl (C=O) groups excluding carboxylic acids is 1. The first kappa shape index (κ1) is 24.5. The molecule has 38 heavy (non-hydrogen) atoms. The summed E-state index contributed by atoms with van der Waals surface area (Å²) in [6.45, 7) is 7.02. The predicted octanol–water partition coefficient (Wildman–Crippen LogP) is 3.59. The zero-order chi connectivity index (χ0) is 26.1. The van der Waals surface area contributed by atoms with Crippen LogP contribution < -0.4 is 5.32 Å². The van der Waals surface area contributed by atoms with Crippen molar-refractivity contribution in [3.8, 4) is 22.6 Å². The topological polar surface area (TPSA) is 99.3 Å². The van der Waals surface area contributed by atoms with Gasteiger partial charge in [0.2, 0.25) is 0 Å². The second-order valence-corrected chi connectivity index (χ2v) is 10.4. The monoisotopic (exact) mass is 511 g/mol. The average Bonchev–Trinajstić information content (AvgIpc) is 3.54. The lowest BCUT2D eigenvalue weighted by Gasteiger charge is -2.38. The molecule has 2 saturated heterocycles. The van der Waals surface area contributed by atoms with Gasteiger partial charge >= 0.3 is 5.97 Å². The van der Waals surface area contributed by atoms with Crippen molar-refractivity contribution in [2.45, 2.75) is 19.4 Å². The highest BCUT2D eigenvalue weighted by atomic mass is 16.5. The van der Waals surface area contributed by atoms with E-state index in [-0.39, 0.29) is 18.0 Å². The van der Waals surface area contributed by atoms with E-state index in [0.29, 0.717) is 0 Å². The minimum Gasteiger partial charge on any atom is -0.461 e. The summed E-state index contributed by atoms with van der Waals surface area (Å²) in [7, 11) is 2.06. The van der Waals surface area contributed by atoms with Crippen LogP contribution in [0.1, 0.15) is 12.1 Å². The Labute approximate surface area is 222 Å². The van der Waals surface area contributed by atoms with Crippen molar-refractivity contribution >= 4 is 22.6 Å². The van der Waals surface area contributed by atoms with Crippen molar-refractivity contribution in [3.63, 3.8) is 0 Å². The van der Waals surface area contributed by atoms with Crippen LogP contribution >= 0.6 is 0 Å². The molecular formula is C29H33N7O2. The number of esters is 1. The summed E-state index contributed by atoms with van der Waals surface area (Å²) in [6, 6.07) is 14.3. The third-order valence-electron chi connectivity index (χ3n) is 7.42. The molecule has 2 aliphatic rings. The summed E-state index contributed by atoms with van der Waals surface area (Å²) < 4.78 is 5.68. The third-order valence-corrected chi connectivity index (χ3v) is 7.42. The second kappa shape index (κ2) is 10.5. The number of rotatable bonds is 8. The van der Waals surface area contributed by atoms with Gasteiger partial charge in [0.05, 0.1) is 46.7 Å². The van der Waals surface area contributed by atoms with Crippen LogP contribution in [-0.2, 0) is 9.53 Å². The smallest absolute Gasteiger partial charge is 0.311 e. The maximum Gasteiger partial charge on any atom is 0.311 e. The average molecular weight is 512 g/mol. The number of aromatic nitrogens is 4. The molecule has 2 N–H and O–H groups in total. The summed E-state index contributed by atoms with van der Waals surface area (Å²) in [5.74, 6) is -0.0362. The number of aryl methyl sites for hydroxylation is 1. The molecular weight excluding hydrogens is 478 g/mol. The van der Waals surface area contributed by atoms with E-state index in [1.807, 2.05) is 43.5 Å². The van der Waals surface area contributed by atoms with E-state index in [0.717, 1.165) is 90.6 Å². The number of benzene rings is 1. The zero-order valence-corrected chi connectivity index (χ0v) is 21.9. The Morgan fingerprint density at radius 3 is 2.87 bits per heavy atom. The largest absolute Gasteiger partial charge is 0.461 e. The Bertz CT molecular complexity index is 1450. The minimum absolute atomic E-state index is 0.00333. The fourth-order valence-corrected chi connectivity index (χ4v) is 5.28. The molecule has 0 unspecified atom stereocenters. The fourth-order valence-electron chi connectivity index (χ4n) is 5.28. The number of H-pyrrole nitrogens is 1. The van der Waals surface area contributed by atoms with E-state index in [9.17, 15) is 4.79 Å². The lowest BCUT2D eigenvalue weighted by Crippen LogP contribution is -2.52. The molecule has 0 saturated carbocycles. The first-order chi connectivity index (χ1) is 18.5. The number of aromatic amines is 1. The summed E-state index contributed by atoms with van der Waals surface area (Å²) in [6.07, 6.45) is 4.58. The lowest BCUT2D eigenvalue weighted by atomic mass is 10.0. The van der Waals surface area contributed by atoms with Crippen molar-refractivity contribution in [2.75, 3.05) is 51.6 Å². The third kappa shape index (κ3) is 5.25. The second-order valence-electron chi connectivity index (χ2n) is 10.4. The van der Waals surface area contributed by atoms with E-state index < -0.39 is 0 Å². The van der Waals surface area contributed by atoms with Gasteiger partial charge in [-0.25, -0.2) is 4.98 Å². The van der Waals surface area contributed by atoms with Crippen molar-refractivity contribution in [1.82, 2.24) is 29.7 Å². The van der Waals surface area contributed by atoms with Gasteiger partial charge in [0.1, 0.15) is 6.10 Å². The van der Waals surface area contributed by atoms with Crippen LogP contribution in [0, 0.1) is 12.8 Å². The summed E-state index contributed by atoms with van der Waals surface area (Å²) >= 11 is 0. The summed E-state index contributed by atoms with van der Waals surface area (Å²) in [5, 5.41) is 4.53. The Balaban J connectivity index is 1.05. The SMILES string of the molecule is Cc1cccc(-c2[nH]cnc2-c2ccc3ncc(NCCN4CC(C(=O)O[C@@H]5CCN(C)C5)C4)cc3c2)n1. The predicted molar refractivity (Wildman–Crippen MR) is 148 cm³/mol. The zero-order valence-electron chi connectivity index (χ0n) is 21.9. The van der Waals surface area contributed by atoms with Crippen molar-refractivity contribution in [3.05, 3.63) is 60.7 Å². The highest BCUT2D eigenvalue weighted by Gasteiger charge is 2.35. The number of nitrogens with zero attached hydrogens (tertiary/aromatic N) is 5. The fraction of sp³-hybridized carbons (Fsp3) is 0.379. The molecule has 2 aliphatic heterocycles. The van der Waals surface area contributed by atoms with E-state index in [1.165, 1.54) is 0 Å². The Morgan fingerprint density at radius 1 is 1.16 bits per heavy atom. The maximum absolute atomic E-state index is 12.4. The number of likely N-dealkylation sites (tertiary alicyclic amines) is 2. The molecule has 2 fully saturated rings. The quantitative estimate of drug-likeness (QED) is 0.347. The van der Waals surface area contributed by atoms with Gasteiger partial charge in [0.25, 0.3) is 0 Å². The minimum atomic E-state index is -0.0395. The molecule has 9 heteroatoms. The molecule has 5 heterocycles. The molecule has 0 amide bonds. The van der Waals surface area contributed by atoms with Gasteiger partial charge in [-0.15, -0.1) is 0 Å². The van der Waals surface area contributed by atoms with Gasteiger partial charge in [0.15, 0.2) is 0 Å². The van der Waals surface area contributed by atoms with Crippen LogP contribution in [0.4, 0.5) is 5.69 Å². The summed E-state index contributed by atoms with van der Waals surface area (Å²) in [5.41, 5.74) is 6.53. The van der Waals surface area contributed by atoms with E-state index >= 15 is 0 Å². The molecule has 1 atom stereocenters. The standard InChI is InChI=1S/C29H33N7O2/c1-19-4-3-5-26(34-19)28-27(32-18-33-28)20-6-7-25-21(12-20)13-23(14-31-25)30-9-11-36-15-22(16-36)29(37)38-24-8-10-35(2)17-24/h3-7,12-14,18,22,24,30H,8-11,15-17H2,1-2H3,(H,32,33)/t24-/m1/s1. The molecule has 1 aromatic carbocycles. The normalized spacial score (nSPS) is 18.5. The molecule has 0 spiro atoms. The number of anilines is 1. The van der Waals surface area contributed by atoms with Crippen LogP contribution in [0.3, 0.4) is 0 Å². The van der Waals surface area contributed by atoms with Crippen LogP contribution in [0.2, 0.25) is 0 Å². The highest BCUT2D eigenvalue weighted by Crippen LogP contribution is 2.30. The number of hydrogen-bond donors (Lipinski definition) is 2. The molecule has 0 bridgehead atoms. The van der Waals surface area contributed by atoms with Gasteiger partial charge in [-0.3, -0.25) is 19.7 Å². The van der Waals surface area contributed by atoms with Crippen LogP contribution in [0.5, 0.6) is 0 Å². The van der Waals surface area contributed by atoms with Crippen LogP contribution in [-0.4, -0.2) is 88.1 Å². The maximum atomic E-state index is 12.4. The molecule has 3 aromatic heterocycles. The number of likely N-dealkylation sites (N-methyl/N-ethyl adjacent to an activating group) is 1. The number of ether oxygens (including phenoxy) is 1. The van der Waals surface area contributed by atoms with Crippen molar-refractivity contribution in [1.29, 1.82) is 0 Å². The number of imidazole rings is 1. The van der Waals surface area contributed by atoms with Gasteiger partial charge in [0, 0.05) is 55.9 Å². The molecule has 6 rings (SSSR count). The molecule has 9 nitrogen and oxygen atoms in total. The van der Waals surface area contributed by atoms with Crippen LogP contribution in [0.15, 0.2) is 55.0 Å². The number of pyridine rings is 2. The van der Waals surface area contributed by atoms with Gasteiger partial charge in [-0.2, -0.15) is 0 Å². The van der Waals surface area contributed by atoms with E-state index in [1.54, 1.807) is 6.33 Å². The Hall–Kier alpha value is -3.82. The number of nitrogens with one attached hydrogen (secondary N) is 2. The Morgan fingerprint density at radius 2 is 2.05 bits per heavy atom. The number of hydrogen-bond acceptors (Lipinski definition) is 8. The van der Waals surface area contributed by atoms with Gasteiger partial charge in [-0.1, -0.05) is 12.1 Å². The summed E-state index contributed by atoms with van der Waals surface area (Å²) in [4.78, 5) is 34.0. The molecule has 4 aromatic rings. The van der Waals surface area contributed by atoms with E-state index in [4.69, 9.17) is 4.74 Å². The number of fused-ring (bicyclic) bond motifs is 1. The highest BCUT2D eigenvalue weighted by molar-refractivity contribution is 5.88. The first-order valence-corrected chi connectivity index (χ1v) is 13.2. The number of carbonyl (C=O) groups is 1. The van der Waals surface area contributed by atoms with Crippen LogP contribution in [0.25, 0.3) is 33.5 Å². The Kier molecular flexibility index (Phi) is 6.78.